The van der Waals surface area contributed by atoms with Crippen LogP contribution in [-0.4, -0.2) is 35.5 Å². The first-order valence-electron chi connectivity index (χ1n) is 8.22. The Kier molecular flexibility index (Phi) is 6.54. The molecule has 0 aliphatic carbocycles. The van der Waals surface area contributed by atoms with Crippen molar-refractivity contribution in [2.24, 2.45) is 0 Å². The molecule has 3 N–H and O–H groups in total. The molecule has 0 bridgehead atoms. The van der Waals surface area contributed by atoms with Gasteiger partial charge in [0.15, 0.2) is 0 Å². The van der Waals surface area contributed by atoms with Crippen molar-refractivity contribution in [1.29, 1.82) is 0 Å². The molecular formula is C18H25N5O. The standard InChI is InChI=1S/C18H25N5O/c1-4-19-18-22-14(3)11-16(23-18)20-8-9-21-17(24)12-15-7-5-6-13(2)10-15/h5-7,10-11H,4,8-9,12H2,1-3H3,(H,21,24)(H2,19,20,22,23). The molecule has 0 spiro atoms. The van der Waals surface area contributed by atoms with Crippen molar-refractivity contribution in [2.75, 3.05) is 30.3 Å². The Morgan fingerprint density at radius 3 is 2.67 bits per heavy atom. The molecular weight excluding hydrogens is 302 g/mol. The Hall–Kier alpha value is -2.63. The summed E-state index contributed by atoms with van der Waals surface area (Å²) in [6, 6.07) is 9.88. The van der Waals surface area contributed by atoms with Gasteiger partial charge >= 0.3 is 0 Å². The van der Waals surface area contributed by atoms with Gasteiger partial charge in [0.1, 0.15) is 5.82 Å². The van der Waals surface area contributed by atoms with Gasteiger partial charge in [0.2, 0.25) is 11.9 Å². The number of carbonyl (C=O) groups excluding carboxylic acids is 1. The van der Waals surface area contributed by atoms with Gasteiger partial charge in [0, 0.05) is 31.4 Å². The van der Waals surface area contributed by atoms with Crippen molar-refractivity contribution < 1.29 is 4.79 Å². The van der Waals surface area contributed by atoms with Crippen LogP contribution >= 0.6 is 0 Å². The van der Waals surface area contributed by atoms with E-state index in [1.807, 2.05) is 51.1 Å². The fourth-order valence-electron chi connectivity index (χ4n) is 2.36. The second kappa shape index (κ2) is 8.86. The summed E-state index contributed by atoms with van der Waals surface area (Å²) in [5.41, 5.74) is 3.09. The van der Waals surface area contributed by atoms with E-state index in [1.165, 1.54) is 0 Å². The Morgan fingerprint density at radius 2 is 1.92 bits per heavy atom. The van der Waals surface area contributed by atoms with E-state index >= 15 is 0 Å². The first kappa shape index (κ1) is 17.7. The summed E-state index contributed by atoms with van der Waals surface area (Å²) in [4.78, 5) is 20.6. The molecule has 1 heterocycles. The Morgan fingerprint density at radius 1 is 1.08 bits per heavy atom. The van der Waals surface area contributed by atoms with Crippen molar-refractivity contribution in [3.63, 3.8) is 0 Å². The third kappa shape index (κ3) is 5.87. The molecule has 0 radical (unpaired) electrons. The summed E-state index contributed by atoms with van der Waals surface area (Å²) in [5.74, 6) is 1.39. The van der Waals surface area contributed by atoms with Gasteiger partial charge in [-0.05, 0) is 26.3 Å². The number of aromatic nitrogens is 2. The Balaban J connectivity index is 1.75. The lowest BCUT2D eigenvalue weighted by Gasteiger charge is -2.10. The topological polar surface area (TPSA) is 78.9 Å². The molecule has 2 aromatic rings. The van der Waals surface area contributed by atoms with Crippen LogP contribution in [0.25, 0.3) is 0 Å². The van der Waals surface area contributed by atoms with Crippen molar-refractivity contribution in [1.82, 2.24) is 15.3 Å². The first-order valence-corrected chi connectivity index (χ1v) is 8.22. The smallest absolute Gasteiger partial charge is 0.224 e. The molecule has 0 unspecified atom stereocenters. The Bertz CT molecular complexity index is 687. The molecule has 128 valence electrons. The van der Waals surface area contributed by atoms with E-state index in [1.54, 1.807) is 0 Å². The van der Waals surface area contributed by atoms with E-state index in [-0.39, 0.29) is 5.91 Å². The fraction of sp³-hybridized carbons (Fsp3) is 0.389. The average molecular weight is 327 g/mol. The highest BCUT2D eigenvalue weighted by molar-refractivity contribution is 5.78. The van der Waals surface area contributed by atoms with E-state index in [2.05, 4.69) is 25.9 Å². The lowest BCUT2D eigenvalue weighted by molar-refractivity contribution is -0.120. The van der Waals surface area contributed by atoms with Crippen LogP contribution < -0.4 is 16.0 Å². The number of rotatable bonds is 8. The summed E-state index contributed by atoms with van der Waals surface area (Å²) in [5, 5.41) is 9.22. The van der Waals surface area contributed by atoms with E-state index in [0.717, 1.165) is 29.2 Å². The van der Waals surface area contributed by atoms with Gasteiger partial charge in [-0.15, -0.1) is 0 Å². The van der Waals surface area contributed by atoms with Crippen LogP contribution in [0.3, 0.4) is 0 Å². The maximum atomic E-state index is 12.0. The highest BCUT2D eigenvalue weighted by Gasteiger charge is 2.04. The number of carbonyl (C=O) groups is 1. The number of hydrogen-bond donors (Lipinski definition) is 3. The van der Waals surface area contributed by atoms with E-state index in [9.17, 15) is 4.79 Å². The molecule has 0 aliphatic rings. The van der Waals surface area contributed by atoms with Gasteiger partial charge in [-0.3, -0.25) is 4.79 Å². The molecule has 24 heavy (non-hydrogen) atoms. The molecule has 0 saturated heterocycles. The molecule has 0 fully saturated rings. The van der Waals surface area contributed by atoms with Crippen LogP contribution in [0.2, 0.25) is 0 Å². The maximum absolute atomic E-state index is 12.0. The van der Waals surface area contributed by atoms with E-state index < -0.39 is 0 Å². The highest BCUT2D eigenvalue weighted by atomic mass is 16.1. The second-order valence-electron chi connectivity index (χ2n) is 5.69. The molecule has 0 saturated carbocycles. The summed E-state index contributed by atoms with van der Waals surface area (Å²) < 4.78 is 0. The molecule has 0 aliphatic heterocycles. The number of benzene rings is 1. The molecule has 6 nitrogen and oxygen atoms in total. The van der Waals surface area contributed by atoms with Gasteiger partial charge in [-0.1, -0.05) is 29.8 Å². The Labute approximate surface area is 143 Å². The van der Waals surface area contributed by atoms with E-state index in [4.69, 9.17) is 0 Å². The highest BCUT2D eigenvalue weighted by Crippen LogP contribution is 2.09. The average Bonchev–Trinajstić information content (AvgIpc) is 2.51. The van der Waals surface area contributed by atoms with Gasteiger partial charge in [0.25, 0.3) is 0 Å². The third-order valence-corrected chi connectivity index (χ3v) is 3.39. The third-order valence-electron chi connectivity index (χ3n) is 3.39. The van der Waals surface area contributed by atoms with Crippen LogP contribution in [-0.2, 0) is 11.2 Å². The van der Waals surface area contributed by atoms with Gasteiger partial charge in [0.05, 0.1) is 6.42 Å². The predicted molar refractivity (Wildman–Crippen MR) is 97.3 cm³/mol. The number of amides is 1. The lowest BCUT2D eigenvalue weighted by atomic mass is 10.1. The second-order valence-corrected chi connectivity index (χ2v) is 5.69. The summed E-state index contributed by atoms with van der Waals surface area (Å²) in [7, 11) is 0. The van der Waals surface area contributed by atoms with Crippen molar-refractivity contribution in [2.45, 2.75) is 27.2 Å². The minimum Gasteiger partial charge on any atom is -0.368 e. The van der Waals surface area contributed by atoms with Crippen LogP contribution in [0.1, 0.15) is 23.7 Å². The first-order chi connectivity index (χ1) is 11.6. The largest absolute Gasteiger partial charge is 0.368 e. The minimum absolute atomic E-state index is 0.0228. The SMILES string of the molecule is CCNc1nc(C)cc(NCCNC(=O)Cc2cccc(C)c2)n1. The molecule has 0 atom stereocenters. The van der Waals surface area contributed by atoms with Gasteiger partial charge < -0.3 is 16.0 Å². The predicted octanol–water partition coefficient (Wildman–Crippen LogP) is 2.30. The summed E-state index contributed by atoms with van der Waals surface area (Å²) in [6.45, 7) is 7.89. The number of aryl methyl sites for hydroxylation is 2. The zero-order valence-electron chi connectivity index (χ0n) is 14.5. The zero-order valence-corrected chi connectivity index (χ0v) is 14.5. The monoisotopic (exact) mass is 327 g/mol. The molecule has 2 rings (SSSR count). The fourth-order valence-corrected chi connectivity index (χ4v) is 2.36. The zero-order chi connectivity index (χ0) is 17.4. The number of nitrogens with one attached hydrogen (secondary N) is 3. The lowest BCUT2D eigenvalue weighted by Crippen LogP contribution is -2.30. The van der Waals surface area contributed by atoms with Crippen LogP contribution in [0.15, 0.2) is 30.3 Å². The molecule has 6 heteroatoms. The van der Waals surface area contributed by atoms with Crippen LogP contribution in [0.4, 0.5) is 11.8 Å². The van der Waals surface area contributed by atoms with Crippen LogP contribution in [0, 0.1) is 13.8 Å². The molecule has 1 aromatic heterocycles. The molecule has 1 amide bonds. The summed E-state index contributed by atoms with van der Waals surface area (Å²) in [6.07, 6.45) is 0.402. The quantitative estimate of drug-likeness (QED) is 0.648. The molecule has 1 aromatic carbocycles. The van der Waals surface area contributed by atoms with Crippen molar-refractivity contribution in [3.8, 4) is 0 Å². The van der Waals surface area contributed by atoms with Gasteiger partial charge in [-0.2, -0.15) is 4.98 Å². The maximum Gasteiger partial charge on any atom is 0.224 e. The number of nitrogens with zero attached hydrogens (tertiary/aromatic N) is 2. The number of anilines is 2. The number of hydrogen-bond acceptors (Lipinski definition) is 5. The normalized spacial score (nSPS) is 10.3. The van der Waals surface area contributed by atoms with Crippen LogP contribution in [0.5, 0.6) is 0 Å². The van der Waals surface area contributed by atoms with Crippen molar-refractivity contribution in [3.05, 3.63) is 47.2 Å². The van der Waals surface area contributed by atoms with Crippen molar-refractivity contribution >= 4 is 17.7 Å². The van der Waals surface area contributed by atoms with Gasteiger partial charge in [-0.25, -0.2) is 4.98 Å². The minimum atomic E-state index is 0.0228. The summed E-state index contributed by atoms with van der Waals surface area (Å²) >= 11 is 0. The van der Waals surface area contributed by atoms with E-state index in [0.29, 0.717) is 25.5 Å².